The van der Waals surface area contributed by atoms with Crippen molar-refractivity contribution in [3.63, 3.8) is 0 Å². The number of esters is 1. The predicted molar refractivity (Wildman–Crippen MR) is 155 cm³/mol. The van der Waals surface area contributed by atoms with Crippen molar-refractivity contribution in [1.29, 1.82) is 0 Å². The van der Waals surface area contributed by atoms with Gasteiger partial charge in [-0.1, -0.05) is 37.3 Å². The van der Waals surface area contributed by atoms with Gasteiger partial charge in [-0.05, 0) is 83.1 Å². The fourth-order valence-corrected chi connectivity index (χ4v) is 6.48. The highest BCUT2D eigenvalue weighted by molar-refractivity contribution is 7.18. The number of anilines is 1. The standard InChI is InChI=1S/C29H39N3O4S.ClH/c1-19-10-12-22(13-11-19)28(34)32(23-14-16-31(3)17-15-23)24-18-25(21-8-6-5-7-9-21)37-26(24)27(33)30-20(2)29(35)36-4;/h5-9,18-20,22-23H,10-17H2,1-4H3,(H,30,33);1H/t19?,20-,22?;/m1./s1. The van der Waals surface area contributed by atoms with Gasteiger partial charge < -0.3 is 19.9 Å². The van der Waals surface area contributed by atoms with Gasteiger partial charge in [0.05, 0.1) is 12.8 Å². The molecular weight excluding hydrogens is 522 g/mol. The lowest BCUT2D eigenvalue weighted by molar-refractivity contribution is -0.142. The number of rotatable bonds is 7. The van der Waals surface area contributed by atoms with Crippen LogP contribution < -0.4 is 10.2 Å². The first-order valence-electron chi connectivity index (χ1n) is 13.4. The van der Waals surface area contributed by atoms with E-state index in [9.17, 15) is 14.4 Å². The number of ether oxygens (including phenoxy) is 1. The zero-order valence-electron chi connectivity index (χ0n) is 22.8. The number of hydrogen-bond acceptors (Lipinski definition) is 6. The molecule has 208 valence electrons. The van der Waals surface area contributed by atoms with Crippen LogP contribution in [-0.2, 0) is 14.3 Å². The molecule has 0 unspecified atom stereocenters. The Balaban J connectivity index is 0.00000400. The number of thiophene rings is 1. The smallest absolute Gasteiger partial charge is 0.328 e. The van der Waals surface area contributed by atoms with Gasteiger partial charge in [-0.3, -0.25) is 9.59 Å². The second kappa shape index (κ2) is 13.6. The Morgan fingerprint density at radius 3 is 2.29 bits per heavy atom. The quantitative estimate of drug-likeness (QED) is 0.459. The Morgan fingerprint density at radius 1 is 1.05 bits per heavy atom. The number of halogens is 1. The number of amides is 2. The molecule has 9 heteroatoms. The van der Waals surface area contributed by atoms with Gasteiger partial charge in [0.15, 0.2) is 0 Å². The minimum atomic E-state index is -0.792. The van der Waals surface area contributed by atoms with E-state index in [1.54, 1.807) is 6.92 Å². The van der Waals surface area contributed by atoms with Gasteiger partial charge in [-0.2, -0.15) is 0 Å². The summed E-state index contributed by atoms with van der Waals surface area (Å²) < 4.78 is 4.81. The van der Waals surface area contributed by atoms with E-state index in [2.05, 4.69) is 24.2 Å². The minimum Gasteiger partial charge on any atom is -0.467 e. The van der Waals surface area contributed by atoms with Crippen molar-refractivity contribution < 1.29 is 19.1 Å². The van der Waals surface area contributed by atoms with Gasteiger partial charge in [0.2, 0.25) is 5.91 Å². The van der Waals surface area contributed by atoms with E-state index in [0.717, 1.165) is 62.1 Å². The summed E-state index contributed by atoms with van der Waals surface area (Å²) in [6, 6.07) is 11.2. The Bertz CT molecular complexity index is 1090. The fourth-order valence-electron chi connectivity index (χ4n) is 5.42. The summed E-state index contributed by atoms with van der Waals surface area (Å²) in [5, 5.41) is 2.79. The van der Waals surface area contributed by atoms with Crippen LogP contribution in [0.3, 0.4) is 0 Å². The average molecular weight is 562 g/mol. The molecule has 1 saturated carbocycles. The maximum absolute atomic E-state index is 14.2. The molecule has 0 bridgehead atoms. The highest BCUT2D eigenvalue weighted by Crippen LogP contribution is 2.41. The van der Waals surface area contributed by atoms with E-state index >= 15 is 0 Å². The van der Waals surface area contributed by atoms with Crippen molar-refractivity contribution >= 4 is 47.2 Å². The molecule has 7 nitrogen and oxygen atoms in total. The molecule has 2 amide bonds. The topological polar surface area (TPSA) is 79.0 Å². The molecule has 1 aromatic carbocycles. The van der Waals surface area contributed by atoms with Crippen molar-refractivity contribution in [3.8, 4) is 10.4 Å². The number of methoxy groups -OCH3 is 1. The Hall–Kier alpha value is -2.42. The lowest BCUT2D eigenvalue weighted by atomic mass is 9.82. The van der Waals surface area contributed by atoms with Crippen LogP contribution in [0.15, 0.2) is 36.4 Å². The molecule has 1 atom stereocenters. The summed E-state index contributed by atoms with van der Waals surface area (Å²) >= 11 is 1.37. The number of carbonyl (C=O) groups excluding carboxylic acids is 3. The van der Waals surface area contributed by atoms with Crippen LogP contribution in [0.1, 0.15) is 62.0 Å². The van der Waals surface area contributed by atoms with E-state index < -0.39 is 12.0 Å². The van der Waals surface area contributed by atoms with Crippen molar-refractivity contribution in [3.05, 3.63) is 41.3 Å². The van der Waals surface area contributed by atoms with Gasteiger partial charge >= 0.3 is 5.97 Å². The molecule has 1 aliphatic carbocycles. The number of carbonyl (C=O) groups is 3. The molecule has 2 aliphatic rings. The molecule has 1 saturated heterocycles. The van der Waals surface area contributed by atoms with Gasteiger partial charge in [0, 0.05) is 16.8 Å². The zero-order valence-corrected chi connectivity index (χ0v) is 24.4. The summed E-state index contributed by atoms with van der Waals surface area (Å²) in [7, 11) is 3.41. The van der Waals surface area contributed by atoms with E-state index in [4.69, 9.17) is 4.74 Å². The first-order valence-corrected chi connectivity index (χ1v) is 14.2. The molecule has 1 aromatic heterocycles. The molecule has 0 spiro atoms. The zero-order chi connectivity index (χ0) is 26.5. The van der Waals surface area contributed by atoms with Crippen molar-refractivity contribution in [2.45, 2.75) is 64.5 Å². The average Bonchev–Trinajstić information content (AvgIpc) is 3.35. The summed E-state index contributed by atoms with van der Waals surface area (Å²) in [4.78, 5) is 45.4. The maximum atomic E-state index is 14.2. The summed E-state index contributed by atoms with van der Waals surface area (Å²) in [6.07, 6.45) is 5.61. The number of nitrogens with one attached hydrogen (secondary N) is 1. The van der Waals surface area contributed by atoms with Crippen LogP contribution in [0.25, 0.3) is 10.4 Å². The lowest BCUT2D eigenvalue weighted by Crippen LogP contribution is -2.50. The first kappa shape index (κ1) is 30.1. The molecule has 4 rings (SSSR count). The largest absolute Gasteiger partial charge is 0.467 e. The molecule has 2 heterocycles. The minimum absolute atomic E-state index is 0. The third-order valence-corrected chi connectivity index (χ3v) is 8.97. The van der Waals surface area contributed by atoms with Crippen LogP contribution in [0.2, 0.25) is 0 Å². The van der Waals surface area contributed by atoms with Crippen LogP contribution in [0.5, 0.6) is 0 Å². The van der Waals surface area contributed by atoms with Crippen molar-refractivity contribution in [1.82, 2.24) is 10.2 Å². The molecule has 0 radical (unpaired) electrons. The molecule has 1 N–H and O–H groups in total. The van der Waals surface area contributed by atoms with Gasteiger partial charge in [0.25, 0.3) is 5.91 Å². The Morgan fingerprint density at radius 2 is 1.68 bits per heavy atom. The van der Waals surface area contributed by atoms with Crippen molar-refractivity contribution in [2.75, 3.05) is 32.1 Å². The molecule has 38 heavy (non-hydrogen) atoms. The van der Waals surface area contributed by atoms with Crippen molar-refractivity contribution in [2.24, 2.45) is 11.8 Å². The highest BCUT2D eigenvalue weighted by Gasteiger charge is 2.37. The molecule has 2 aromatic rings. The molecule has 2 fully saturated rings. The van der Waals surface area contributed by atoms with E-state index in [1.807, 2.05) is 41.3 Å². The number of nitrogens with zero attached hydrogens (tertiary/aromatic N) is 2. The number of benzene rings is 1. The number of piperidine rings is 1. The first-order chi connectivity index (χ1) is 17.8. The highest BCUT2D eigenvalue weighted by atomic mass is 35.5. The summed E-state index contributed by atoms with van der Waals surface area (Å²) in [5.74, 6) is -0.111. The fraction of sp³-hybridized carbons (Fsp3) is 0.552. The normalized spacial score (nSPS) is 21.2. The Kier molecular flexibility index (Phi) is 10.8. The van der Waals surface area contributed by atoms with Gasteiger partial charge in [-0.25, -0.2) is 4.79 Å². The van der Waals surface area contributed by atoms with E-state index in [0.29, 0.717) is 16.5 Å². The van der Waals surface area contributed by atoms with Crippen LogP contribution in [0.4, 0.5) is 5.69 Å². The summed E-state index contributed by atoms with van der Waals surface area (Å²) in [6.45, 7) is 5.68. The molecular formula is C29H40ClN3O4S. The third-order valence-electron chi connectivity index (χ3n) is 7.79. The predicted octanol–water partition coefficient (Wildman–Crippen LogP) is 5.38. The van der Waals surface area contributed by atoms with Crippen LogP contribution in [0, 0.1) is 11.8 Å². The van der Waals surface area contributed by atoms with Crippen LogP contribution in [-0.4, -0.2) is 62.0 Å². The Labute approximate surface area is 236 Å². The number of hydrogen-bond donors (Lipinski definition) is 1. The van der Waals surface area contributed by atoms with Gasteiger partial charge in [0.1, 0.15) is 10.9 Å². The second-order valence-electron chi connectivity index (χ2n) is 10.6. The molecule has 1 aliphatic heterocycles. The maximum Gasteiger partial charge on any atom is 0.328 e. The number of likely N-dealkylation sites (tertiary alicyclic amines) is 1. The monoisotopic (exact) mass is 561 g/mol. The lowest BCUT2D eigenvalue weighted by Gasteiger charge is -2.40. The van der Waals surface area contributed by atoms with Crippen LogP contribution >= 0.6 is 23.7 Å². The van der Waals surface area contributed by atoms with E-state index in [1.165, 1.54) is 18.4 Å². The van der Waals surface area contributed by atoms with E-state index in [-0.39, 0.29) is 36.2 Å². The third kappa shape index (κ3) is 6.96. The SMILES string of the molecule is COC(=O)[C@@H](C)NC(=O)c1sc(-c2ccccc2)cc1N(C(=O)C1CCC(C)CC1)C1CCN(C)CC1.Cl. The van der Waals surface area contributed by atoms with Gasteiger partial charge in [-0.15, -0.1) is 23.7 Å². The second-order valence-corrected chi connectivity index (χ2v) is 11.7. The summed E-state index contributed by atoms with van der Waals surface area (Å²) in [5.41, 5.74) is 1.66.